The smallest absolute Gasteiger partial charge is 0.326 e. The Bertz CT molecular complexity index is 565. The zero-order chi connectivity index (χ0) is 16.8. The third-order valence-electron chi connectivity index (χ3n) is 4.85. The monoisotopic (exact) mass is 318 g/mol. The third-order valence-corrected chi connectivity index (χ3v) is 4.85. The van der Waals surface area contributed by atoms with Crippen LogP contribution in [0.2, 0.25) is 0 Å². The normalized spacial score (nSPS) is 16.7. The summed E-state index contributed by atoms with van der Waals surface area (Å²) in [6.07, 6.45) is 6.14. The van der Waals surface area contributed by atoms with Crippen molar-refractivity contribution >= 4 is 17.6 Å². The fourth-order valence-corrected chi connectivity index (χ4v) is 3.20. The van der Waals surface area contributed by atoms with Gasteiger partial charge in [-0.1, -0.05) is 18.6 Å². The van der Waals surface area contributed by atoms with E-state index in [0.717, 1.165) is 16.8 Å². The lowest BCUT2D eigenvalue weighted by atomic mass is 9.94. The van der Waals surface area contributed by atoms with Gasteiger partial charge in [0.15, 0.2) is 6.54 Å². The Morgan fingerprint density at radius 2 is 1.87 bits per heavy atom. The number of aryl methyl sites for hydroxylation is 1. The van der Waals surface area contributed by atoms with Gasteiger partial charge in [0.1, 0.15) is 0 Å². The Morgan fingerprint density at radius 3 is 2.57 bits per heavy atom. The predicted molar refractivity (Wildman–Crippen MR) is 91.7 cm³/mol. The number of rotatable bonds is 4. The number of imide groups is 1. The molecule has 1 unspecified atom stereocenters. The highest BCUT2D eigenvalue weighted by Gasteiger charge is 2.23. The maximum atomic E-state index is 12.1. The summed E-state index contributed by atoms with van der Waals surface area (Å²) in [5, 5.41) is 5.19. The summed E-state index contributed by atoms with van der Waals surface area (Å²) in [6, 6.07) is 5.80. The van der Waals surface area contributed by atoms with E-state index in [1.807, 2.05) is 39.1 Å². The van der Waals surface area contributed by atoms with Crippen molar-refractivity contribution in [1.29, 1.82) is 0 Å². The van der Waals surface area contributed by atoms with Crippen molar-refractivity contribution in [1.82, 2.24) is 5.32 Å². The van der Waals surface area contributed by atoms with Crippen LogP contribution in [-0.4, -0.2) is 31.6 Å². The number of hydrogen-bond acceptors (Lipinski definition) is 2. The molecule has 1 aromatic rings. The van der Waals surface area contributed by atoms with Crippen LogP contribution in [0.3, 0.4) is 0 Å². The summed E-state index contributed by atoms with van der Waals surface area (Å²) in [5.41, 5.74) is 2.86. The number of urea groups is 1. The summed E-state index contributed by atoms with van der Waals surface area (Å²) >= 11 is 0. The number of carbonyl (C=O) groups excluding carboxylic acids is 2. The Balaban J connectivity index is 1.82. The van der Waals surface area contributed by atoms with Crippen LogP contribution in [0.4, 0.5) is 10.5 Å². The van der Waals surface area contributed by atoms with E-state index in [2.05, 4.69) is 10.6 Å². The van der Waals surface area contributed by atoms with E-state index in [1.54, 1.807) is 0 Å². The second kappa shape index (κ2) is 8.11. The summed E-state index contributed by atoms with van der Waals surface area (Å²) in [7, 11) is 2.04. The number of nitrogens with one attached hydrogen (secondary N) is 3. The second-order valence-corrected chi connectivity index (χ2v) is 6.61. The Morgan fingerprint density at radius 1 is 1.17 bits per heavy atom. The number of likely N-dealkylation sites (N-methyl/N-ethyl adjacent to an activating group) is 1. The first-order valence-corrected chi connectivity index (χ1v) is 8.46. The molecular formula is C18H28N3O2+. The predicted octanol–water partition coefficient (Wildman–Crippen LogP) is 1.80. The molecule has 3 amide bonds. The SMILES string of the molecule is Cc1cccc(NC(=O)NC(=O)C[NH+](C)C2CCCCC2)c1C. The van der Waals surface area contributed by atoms with Gasteiger partial charge in [0.05, 0.1) is 13.1 Å². The molecular weight excluding hydrogens is 290 g/mol. The van der Waals surface area contributed by atoms with Gasteiger partial charge in [0, 0.05) is 5.69 Å². The molecule has 1 aromatic carbocycles. The van der Waals surface area contributed by atoms with Crippen molar-refractivity contribution in [2.75, 3.05) is 18.9 Å². The molecule has 0 spiro atoms. The zero-order valence-corrected chi connectivity index (χ0v) is 14.4. The summed E-state index contributed by atoms with van der Waals surface area (Å²) < 4.78 is 0. The molecule has 23 heavy (non-hydrogen) atoms. The molecule has 1 aliphatic carbocycles. The number of carbonyl (C=O) groups is 2. The van der Waals surface area contributed by atoms with Gasteiger partial charge in [0.25, 0.3) is 5.91 Å². The molecule has 1 saturated carbocycles. The molecule has 1 atom stereocenters. The van der Waals surface area contributed by atoms with Gasteiger partial charge in [-0.3, -0.25) is 10.1 Å². The van der Waals surface area contributed by atoms with Crippen LogP contribution in [0, 0.1) is 13.8 Å². The van der Waals surface area contributed by atoms with Crippen LogP contribution in [-0.2, 0) is 4.79 Å². The first-order chi connectivity index (χ1) is 11.0. The van der Waals surface area contributed by atoms with Crippen LogP contribution in [0.5, 0.6) is 0 Å². The molecule has 0 aromatic heterocycles. The first kappa shape index (κ1) is 17.5. The molecule has 5 heteroatoms. The number of anilines is 1. The quantitative estimate of drug-likeness (QED) is 0.793. The summed E-state index contributed by atoms with van der Waals surface area (Å²) in [5.74, 6) is -0.226. The van der Waals surface area contributed by atoms with Gasteiger partial charge < -0.3 is 10.2 Å². The molecule has 0 bridgehead atoms. The molecule has 0 saturated heterocycles. The van der Waals surface area contributed by atoms with Crippen LogP contribution < -0.4 is 15.5 Å². The van der Waals surface area contributed by atoms with Crippen molar-refractivity contribution < 1.29 is 14.5 Å². The lowest BCUT2D eigenvalue weighted by Crippen LogP contribution is -3.14. The minimum Gasteiger partial charge on any atom is -0.327 e. The Kier molecular flexibility index (Phi) is 6.16. The van der Waals surface area contributed by atoms with Gasteiger partial charge >= 0.3 is 6.03 Å². The molecule has 1 fully saturated rings. The van der Waals surface area contributed by atoms with Gasteiger partial charge in [-0.2, -0.15) is 0 Å². The zero-order valence-electron chi connectivity index (χ0n) is 14.4. The summed E-state index contributed by atoms with van der Waals surface area (Å²) in [6.45, 7) is 4.28. The van der Waals surface area contributed by atoms with E-state index in [4.69, 9.17) is 0 Å². The highest BCUT2D eigenvalue weighted by atomic mass is 16.2. The van der Waals surface area contributed by atoms with Gasteiger partial charge in [-0.15, -0.1) is 0 Å². The van der Waals surface area contributed by atoms with Crippen molar-refractivity contribution in [3.05, 3.63) is 29.3 Å². The molecule has 5 nitrogen and oxygen atoms in total. The minimum absolute atomic E-state index is 0.226. The first-order valence-electron chi connectivity index (χ1n) is 8.46. The van der Waals surface area contributed by atoms with Crippen LogP contribution in [0.15, 0.2) is 18.2 Å². The van der Waals surface area contributed by atoms with Crippen LogP contribution in [0.25, 0.3) is 0 Å². The highest BCUT2D eigenvalue weighted by Crippen LogP contribution is 2.17. The van der Waals surface area contributed by atoms with E-state index in [-0.39, 0.29) is 5.91 Å². The van der Waals surface area contributed by atoms with E-state index in [1.165, 1.54) is 37.0 Å². The van der Waals surface area contributed by atoms with E-state index >= 15 is 0 Å². The highest BCUT2D eigenvalue weighted by molar-refractivity contribution is 6.01. The van der Waals surface area contributed by atoms with Crippen LogP contribution >= 0.6 is 0 Å². The van der Waals surface area contributed by atoms with Crippen molar-refractivity contribution in [3.63, 3.8) is 0 Å². The summed E-state index contributed by atoms with van der Waals surface area (Å²) in [4.78, 5) is 25.2. The standard InChI is InChI=1S/C18H27N3O2/c1-13-8-7-11-16(14(13)2)19-18(23)20-17(22)12-21(3)15-9-5-4-6-10-15/h7-8,11,15H,4-6,9-10,12H2,1-3H3,(H2,19,20,22,23)/p+1. The average molecular weight is 318 g/mol. The average Bonchev–Trinajstić information content (AvgIpc) is 2.52. The largest absolute Gasteiger partial charge is 0.327 e. The van der Waals surface area contributed by atoms with Gasteiger partial charge in [0.2, 0.25) is 0 Å². The molecule has 1 aliphatic rings. The van der Waals surface area contributed by atoms with Gasteiger partial charge in [-0.25, -0.2) is 4.79 Å². The molecule has 0 heterocycles. The lowest BCUT2D eigenvalue weighted by molar-refractivity contribution is -0.899. The maximum Gasteiger partial charge on any atom is 0.326 e. The van der Waals surface area contributed by atoms with Crippen molar-refractivity contribution in [2.45, 2.75) is 52.0 Å². The maximum absolute atomic E-state index is 12.1. The van der Waals surface area contributed by atoms with Crippen molar-refractivity contribution in [2.24, 2.45) is 0 Å². The number of benzene rings is 1. The topological polar surface area (TPSA) is 62.6 Å². The number of quaternary nitrogens is 1. The van der Waals surface area contributed by atoms with Crippen LogP contribution in [0.1, 0.15) is 43.2 Å². The number of hydrogen-bond donors (Lipinski definition) is 3. The fourth-order valence-electron chi connectivity index (χ4n) is 3.20. The fraction of sp³-hybridized carbons (Fsp3) is 0.556. The molecule has 0 radical (unpaired) electrons. The minimum atomic E-state index is -0.458. The second-order valence-electron chi connectivity index (χ2n) is 6.61. The van der Waals surface area contributed by atoms with Gasteiger partial charge in [-0.05, 0) is 56.7 Å². The lowest BCUT2D eigenvalue weighted by Gasteiger charge is -2.27. The molecule has 126 valence electrons. The van der Waals surface area contributed by atoms with E-state index < -0.39 is 6.03 Å². The molecule has 2 rings (SSSR count). The Hall–Kier alpha value is -1.88. The Labute approximate surface area is 138 Å². The van der Waals surface area contributed by atoms with E-state index in [0.29, 0.717) is 12.6 Å². The molecule has 0 aliphatic heterocycles. The van der Waals surface area contributed by atoms with Crippen molar-refractivity contribution in [3.8, 4) is 0 Å². The number of amides is 3. The third kappa shape index (κ3) is 5.06. The van der Waals surface area contributed by atoms with E-state index in [9.17, 15) is 9.59 Å². The molecule has 3 N–H and O–H groups in total.